The Hall–Kier alpha value is -1.51. The van der Waals surface area contributed by atoms with E-state index in [4.69, 9.17) is 17.3 Å². The lowest BCUT2D eigenvalue weighted by Gasteiger charge is -2.35. The second-order valence-electron chi connectivity index (χ2n) is 5.09. The molecule has 1 unspecified atom stereocenters. The number of amides is 2. The van der Waals surface area contributed by atoms with Crippen molar-refractivity contribution in [1.29, 1.82) is 0 Å². The fourth-order valence-electron chi connectivity index (χ4n) is 2.65. The predicted octanol–water partition coefficient (Wildman–Crippen LogP) is 0.320. The molecule has 0 saturated carbocycles. The number of nitrogens with two attached hydrogens (primary N) is 1. The summed E-state index contributed by atoms with van der Waals surface area (Å²) in [5.41, 5.74) is 5.99. The lowest BCUT2D eigenvalue weighted by Crippen LogP contribution is -2.53. The van der Waals surface area contributed by atoms with E-state index in [9.17, 15) is 13.2 Å². The van der Waals surface area contributed by atoms with Crippen LogP contribution in [-0.2, 0) is 10.0 Å². The minimum Gasteiger partial charge on any atom is -0.399 e. The highest BCUT2D eigenvalue weighted by Gasteiger charge is 2.40. The van der Waals surface area contributed by atoms with Gasteiger partial charge in [-0.1, -0.05) is 11.6 Å². The first kappa shape index (κ1) is 14.4. The molecule has 1 atom stereocenters. The standard InChI is InChI=1S/C12H15ClN4O3S/c13-10-2-1-8(14)5-11(10)21(19,20)16-3-4-17-9(7-16)6-15-12(17)18/h1-2,5,9H,3-4,6-7,14H2,(H,15,18). The molecule has 2 heterocycles. The molecule has 7 nitrogen and oxygen atoms in total. The van der Waals surface area contributed by atoms with E-state index in [0.717, 1.165) is 0 Å². The number of anilines is 1. The number of rotatable bonds is 2. The van der Waals surface area contributed by atoms with Crippen LogP contribution in [0, 0.1) is 0 Å². The number of nitrogens with zero attached hydrogens (tertiary/aromatic N) is 2. The molecule has 2 fully saturated rings. The van der Waals surface area contributed by atoms with E-state index in [1.807, 2.05) is 0 Å². The number of carbonyl (C=O) groups excluding carboxylic acids is 1. The molecule has 21 heavy (non-hydrogen) atoms. The summed E-state index contributed by atoms with van der Waals surface area (Å²) in [6.45, 7) is 1.33. The number of halogens is 1. The van der Waals surface area contributed by atoms with Gasteiger partial charge in [0.25, 0.3) is 0 Å². The molecule has 3 rings (SSSR count). The van der Waals surface area contributed by atoms with Crippen LogP contribution in [0.2, 0.25) is 5.02 Å². The maximum Gasteiger partial charge on any atom is 0.317 e. The Morgan fingerprint density at radius 1 is 1.33 bits per heavy atom. The maximum absolute atomic E-state index is 12.7. The van der Waals surface area contributed by atoms with Gasteiger partial charge in [-0.25, -0.2) is 13.2 Å². The van der Waals surface area contributed by atoms with E-state index < -0.39 is 10.0 Å². The molecule has 2 saturated heterocycles. The number of fused-ring (bicyclic) bond motifs is 1. The van der Waals surface area contributed by atoms with Crippen molar-refractivity contribution in [2.24, 2.45) is 0 Å². The molecule has 114 valence electrons. The molecule has 0 aromatic heterocycles. The van der Waals surface area contributed by atoms with Crippen molar-refractivity contribution < 1.29 is 13.2 Å². The summed E-state index contributed by atoms with van der Waals surface area (Å²) in [5.74, 6) is 0. The third kappa shape index (κ3) is 2.43. The largest absolute Gasteiger partial charge is 0.399 e. The molecule has 2 aliphatic rings. The normalized spacial score (nSPS) is 23.0. The maximum atomic E-state index is 12.7. The van der Waals surface area contributed by atoms with Gasteiger partial charge in [-0.3, -0.25) is 0 Å². The van der Waals surface area contributed by atoms with Gasteiger partial charge in [0.15, 0.2) is 0 Å². The molecule has 0 radical (unpaired) electrons. The minimum atomic E-state index is -3.72. The molecule has 0 spiro atoms. The number of nitrogens with one attached hydrogen (secondary N) is 1. The molecule has 2 amide bonds. The van der Waals surface area contributed by atoms with E-state index in [0.29, 0.717) is 18.8 Å². The van der Waals surface area contributed by atoms with Crippen LogP contribution < -0.4 is 11.1 Å². The van der Waals surface area contributed by atoms with Gasteiger partial charge < -0.3 is 16.0 Å². The summed E-state index contributed by atoms with van der Waals surface area (Å²) >= 11 is 6.00. The van der Waals surface area contributed by atoms with Crippen molar-refractivity contribution >= 4 is 33.3 Å². The molecular formula is C12H15ClN4O3S. The summed E-state index contributed by atoms with van der Waals surface area (Å²) in [7, 11) is -3.72. The average molecular weight is 331 g/mol. The van der Waals surface area contributed by atoms with Crippen LogP contribution in [0.15, 0.2) is 23.1 Å². The van der Waals surface area contributed by atoms with E-state index in [1.54, 1.807) is 11.0 Å². The number of hydrogen-bond acceptors (Lipinski definition) is 4. The van der Waals surface area contributed by atoms with Crippen molar-refractivity contribution in [1.82, 2.24) is 14.5 Å². The van der Waals surface area contributed by atoms with Crippen LogP contribution in [-0.4, -0.2) is 55.9 Å². The Bertz CT molecular complexity index is 694. The topological polar surface area (TPSA) is 95.7 Å². The van der Waals surface area contributed by atoms with Crippen LogP contribution in [0.4, 0.5) is 10.5 Å². The van der Waals surface area contributed by atoms with Crippen molar-refractivity contribution in [3.8, 4) is 0 Å². The summed E-state index contributed by atoms with van der Waals surface area (Å²) < 4.78 is 26.7. The highest BCUT2D eigenvalue weighted by Crippen LogP contribution is 2.28. The van der Waals surface area contributed by atoms with Crippen LogP contribution in [0.3, 0.4) is 0 Å². The van der Waals surface area contributed by atoms with Crippen LogP contribution in [0.25, 0.3) is 0 Å². The minimum absolute atomic E-state index is 0.00917. The number of sulfonamides is 1. The second kappa shape index (κ2) is 5.04. The Balaban J connectivity index is 1.89. The van der Waals surface area contributed by atoms with Crippen molar-refractivity contribution in [2.45, 2.75) is 10.9 Å². The Morgan fingerprint density at radius 3 is 2.86 bits per heavy atom. The summed E-state index contributed by atoms with van der Waals surface area (Å²) in [6, 6.07) is 4.11. The van der Waals surface area contributed by atoms with Crippen molar-refractivity contribution in [3.63, 3.8) is 0 Å². The molecule has 0 bridgehead atoms. The summed E-state index contributed by atoms with van der Waals surface area (Å²) in [6.07, 6.45) is 0. The monoisotopic (exact) mass is 330 g/mol. The highest BCUT2D eigenvalue weighted by molar-refractivity contribution is 7.89. The number of nitrogen functional groups attached to an aromatic ring is 1. The molecule has 3 N–H and O–H groups in total. The molecule has 1 aromatic carbocycles. The van der Waals surface area contributed by atoms with Crippen LogP contribution in [0.5, 0.6) is 0 Å². The first-order chi connectivity index (χ1) is 9.89. The predicted molar refractivity (Wildman–Crippen MR) is 78.5 cm³/mol. The number of benzene rings is 1. The van der Waals surface area contributed by atoms with Crippen LogP contribution in [0.1, 0.15) is 0 Å². The fourth-order valence-corrected chi connectivity index (χ4v) is 4.63. The lowest BCUT2D eigenvalue weighted by molar-refractivity contribution is 0.164. The summed E-state index contributed by atoms with van der Waals surface area (Å²) in [5, 5.41) is 2.86. The van der Waals surface area contributed by atoms with Gasteiger partial charge in [-0.05, 0) is 18.2 Å². The second-order valence-corrected chi connectivity index (χ2v) is 7.40. The zero-order valence-corrected chi connectivity index (χ0v) is 12.7. The summed E-state index contributed by atoms with van der Waals surface area (Å²) in [4.78, 5) is 13.2. The van der Waals surface area contributed by atoms with Gasteiger partial charge in [0.1, 0.15) is 4.90 Å². The lowest BCUT2D eigenvalue weighted by atomic mass is 10.2. The smallest absolute Gasteiger partial charge is 0.317 e. The quantitative estimate of drug-likeness (QED) is 0.763. The zero-order valence-electron chi connectivity index (χ0n) is 11.1. The zero-order chi connectivity index (χ0) is 15.2. The molecule has 0 aliphatic carbocycles. The Labute approximate surface area is 127 Å². The average Bonchev–Trinajstić information content (AvgIpc) is 2.82. The van der Waals surface area contributed by atoms with Crippen molar-refractivity contribution in [3.05, 3.63) is 23.2 Å². The Kier molecular flexibility index (Phi) is 3.46. The molecule has 9 heteroatoms. The van der Waals surface area contributed by atoms with E-state index in [2.05, 4.69) is 5.32 Å². The van der Waals surface area contributed by atoms with Gasteiger partial charge in [-0.15, -0.1) is 0 Å². The van der Waals surface area contributed by atoms with Crippen molar-refractivity contribution in [2.75, 3.05) is 31.9 Å². The van der Waals surface area contributed by atoms with Gasteiger partial charge >= 0.3 is 6.03 Å². The fraction of sp³-hybridized carbons (Fsp3) is 0.417. The van der Waals surface area contributed by atoms with E-state index in [1.165, 1.54) is 16.4 Å². The molecule has 2 aliphatic heterocycles. The van der Waals surface area contributed by atoms with Gasteiger partial charge in [-0.2, -0.15) is 4.31 Å². The first-order valence-electron chi connectivity index (χ1n) is 6.49. The van der Waals surface area contributed by atoms with Gasteiger partial charge in [0, 0.05) is 31.9 Å². The van der Waals surface area contributed by atoms with Crippen LogP contribution >= 0.6 is 11.6 Å². The number of carbonyl (C=O) groups is 1. The van der Waals surface area contributed by atoms with Gasteiger partial charge in [0.05, 0.1) is 11.1 Å². The SMILES string of the molecule is Nc1ccc(Cl)c(S(=O)(=O)N2CCN3C(=O)NCC3C2)c1. The van der Waals surface area contributed by atoms with E-state index in [-0.39, 0.29) is 35.1 Å². The van der Waals surface area contributed by atoms with E-state index >= 15 is 0 Å². The number of piperazine rings is 1. The third-order valence-corrected chi connectivity index (χ3v) is 6.12. The number of hydrogen-bond donors (Lipinski definition) is 2. The third-order valence-electron chi connectivity index (χ3n) is 3.77. The van der Waals surface area contributed by atoms with Gasteiger partial charge in [0.2, 0.25) is 10.0 Å². The molecule has 1 aromatic rings. The first-order valence-corrected chi connectivity index (χ1v) is 8.31. The molecular weight excluding hydrogens is 316 g/mol. The number of urea groups is 1. The highest BCUT2D eigenvalue weighted by atomic mass is 35.5. The Morgan fingerprint density at radius 2 is 2.10 bits per heavy atom.